The van der Waals surface area contributed by atoms with E-state index in [1.165, 1.54) is 38.5 Å². The number of allylic oxidation sites excluding steroid dienone is 3. The van der Waals surface area contributed by atoms with Gasteiger partial charge in [-0.15, -0.1) is 6.58 Å². The van der Waals surface area contributed by atoms with Crippen LogP contribution in [0.15, 0.2) is 79.4 Å². The molecule has 2 aromatic carbocycles. The summed E-state index contributed by atoms with van der Waals surface area (Å²) in [6, 6.07) is 16.4. The molecule has 0 bridgehead atoms. The zero-order chi connectivity index (χ0) is 25.1. The van der Waals surface area contributed by atoms with Crippen molar-refractivity contribution in [3.8, 4) is 0 Å². The number of ether oxygens (including phenoxy) is 1. The highest BCUT2D eigenvalue weighted by atomic mass is 35.5. The Morgan fingerprint density at radius 3 is 2.17 bits per heavy atom. The average Bonchev–Trinajstić information content (AvgIpc) is 2.88. The van der Waals surface area contributed by atoms with Gasteiger partial charge < -0.3 is 4.74 Å². The van der Waals surface area contributed by atoms with Crippen LogP contribution < -0.4 is 4.90 Å². The molecule has 1 amide bonds. The van der Waals surface area contributed by atoms with Crippen LogP contribution in [0.4, 0.5) is 10.5 Å². The summed E-state index contributed by atoms with van der Waals surface area (Å²) in [4.78, 5) is 26.1. The van der Waals surface area contributed by atoms with Crippen molar-refractivity contribution in [2.24, 2.45) is 0 Å². The lowest BCUT2D eigenvalue weighted by atomic mass is 10.1. The molecular formula is C30H38ClNO3. The van der Waals surface area contributed by atoms with Crippen LogP contribution in [0.2, 0.25) is 0 Å². The van der Waals surface area contributed by atoms with Crippen molar-refractivity contribution in [1.82, 2.24) is 0 Å². The molecule has 0 spiro atoms. The molecule has 0 atom stereocenters. The normalized spacial score (nSPS) is 10.9. The molecule has 0 N–H and O–H groups in total. The van der Waals surface area contributed by atoms with E-state index >= 15 is 0 Å². The van der Waals surface area contributed by atoms with Crippen LogP contribution in [0.5, 0.6) is 0 Å². The Morgan fingerprint density at radius 1 is 0.829 bits per heavy atom. The third kappa shape index (κ3) is 11.9. The van der Waals surface area contributed by atoms with Crippen LogP contribution >= 0.6 is 11.6 Å². The van der Waals surface area contributed by atoms with Gasteiger partial charge in [0.1, 0.15) is 6.61 Å². The van der Waals surface area contributed by atoms with Gasteiger partial charge in [0.15, 0.2) is 0 Å². The van der Waals surface area contributed by atoms with Crippen molar-refractivity contribution >= 4 is 28.6 Å². The van der Waals surface area contributed by atoms with Crippen molar-refractivity contribution < 1.29 is 14.3 Å². The summed E-state index contributed by atoms with van der Waals surface area (Å²) >= 11 is 5.65. The Bertz CT molecular complexity index is 926. The van der Waals surface area contributed by atoms with E-state index in [2.05, 4.69) is 18.7 Å². The molecule has 0 aliphatic heterocycles. The molecule has 188 valence electrons. The van der Waals surface area contributed by atoms with E-state index < -0.39 is 11.3 Å². The van der Waals surface area contributed by atoms with Crippen molar-refractivity contribution in [3.63, 3.8) is 0 Å². The SMILES string of the molecule is C=CCCCCCCCCC=CCCCN(C(=O)OCc1ccccc1)c1cccc(C(=O)Cl)c1. The first-order valence-corrected chi connectivity index (χ1v) is 13.0. The number of unbranched alkanes of at least 4 members (excludes halogenated alkanes) is 8. The Morgan fingerprint density at radius 2 is 1.49 bits per heavy atom. The zero-order valence-corrected chi connectivity index (χ0v) is 21.4. The lowest BCUT2D eigenvalue weighted by molar-refractivity contribution is 0.108. The zero-order valence-electron chi connectivity index (χ0n) is 20.7. The number of carbonyl (C=O) groups excluding carboxylic acids is 2. The molecule has 2 aromatic rings. The van der Waals surface area contributed by atoms with Crippen molar-refractivity contribution in [1.29, 1.82) is 0 Å². The number of anilines is 1. The second-order valence-corrected chi connectivity index (χ2v) is 8.96. The first kappa shape index (κ1) is 28.4. The highest BCUT2D eigenvalue weighted by molar-refractivity contribution is 6.67. The second-order valence-electron chi connectivity index (χ2n) is 8.62. The maximum Gasteiger partial charge on any atom is 0.414 e. The number of halogens is 1. The molecule has 0 saturated heterocycles. The van der Waals surface area contributed by atoms with E-state index in [4.69, 9.17) is 16.3 Å². The summed E-state index contributed by atoms with van der Waals surface area (Å²) in [6.45, 7) is 4.44. The molecule has 5 heteroatoms. The van der Waals surface area contributed by atoms with Crippen molar-refractivity contribution in [2.75, 3.05) is 11.4 Å². The summed E-state index contributed by atoms with van der Waals surface area (Å²) in [5, 5.41) is -0.552. The van der Waals surface area contributed by atoms with Gasteiger partial charge in [-0.25, -0.2) is 4.79 Å². The average molecular weight is 496 g/mol. The standard InChI is InChI=1S/C30H38ClNO3/c1-2-3-4-5-6-7-8-9-10-11-12-13-17-23-32(28-22-18-21-27(24-28)29(31)33)30(34)35-25-26-19-15-14-16-20-26/h2,11-12,14-16,18-22,24H,1,3-10,13,17,23,25H2. The highest BCUT2D eigenvalue weighted by Gasteiger charge is 2.18. The van der Waals surface area contributed by atoms with E-state index in [-0.39, 0.29) is 6.61 Å². The lowest BCUT2D eigenvalue weighted by Crippen LogP contribution is -2.32. The summed E-state index contributed by atoms with van der Waals surface area (Å²) < 4.78 is 5.56. The molecule has 0 aromatic heterocycles. The van der Waals surface area contributed by atoms with Crippen LogP contribution in [0, 0.1) is 0 Å². The van der Waals surface area contributed by atoms with E-state index in [1.807, 2.05) is 36.4 Å². The van der Waals surface area contributed by atoms with Gasteiger partial charge in [-0.3, -0.25) is 9.69 Å². The fourth-order valence-corrected chi connectivity index (χ4v) is 3.90. The van der Waals surface area contributed by atoms with Gasteiger partial charge >= 0.3 is 6.09 Å². The minimum atomic E-state index is -0.552. The monoisotopic (exact) mass is 495 g/mol. The first-order valence-electron chi connectivity index (χ1n) is 12.7. The minimum absolute atomic E-state index is 0.193. The molecule has 0 saturated carbocycles. The first-order chi connectivity index (χ1) is 17.1. The quantitative estimate of drug-likeness (QED) is 0.125. The number of rotatable bonds is 17. The molecule has 0 aliphatic carbocycles. The Hall–Kier alpha value is -2.85. The third-order valence-corrected chi connectivity index (χ3v) is 5.98. The molecule has 0 fully saturated rings. The summed E-state index contributed by atoms with van der Waals surface area (Å²) in [6.07, 6.45) is 17.5. The molecule has 35 heavy (non-hydrogen) atoms. The maximum absolute atomic E-state index is 12.9. The van der Waals surface area contributed by atoms with Gasteiger partial charge in [-0.05, 0) is 73.9 Å². The van der Waals surface area contributed by atoms with Crippen LogP contribution in [0.3, 0.4) is 0 Å². The highest BCUT2D eigenvalue weighted by Crippen LogP contribution is 2.20. The predicted molar refractivity (Wildman–Crippen MR) is 146 cm³/mol. The van der Waals surface area contributed by atoms with Crippen LogP contribution in [-0.4, -0.2) is 17.9 Å². The van der Waals surface area contributed by atoms with Gasteiger partial charge in [0.25, 0.3) is 5.24 Å². The second kappa shape index (κ2) is 17.6. The number of hydrogen-bond acceptors (Lipinski definition) is 3. The fourth-order valence-electron chi connectivity index (χ4n) is 3.78. The molecule has 0 radical (unpaired) electrons. The van der Waals surface area contributed by atoms with E-state index in [0.29, 0.717) is 17.8 Å². The summed E-state index contributed by atoms with van der Waals surface area (Å²) in [5.41, 5.74) is 1.88. The number of carbonyl (C=O) groups is 2. The molecule has 0 aliphatic rings. The van der Waals surface area contributed by atoms with E-state index in [1.54, 1.807) is 29.2 Å². The molecule has 2 rings (SSSR count). The topological polar surface area (TPSA) is 46.6 Å². The predicted octanol–water partition coefficient (Wildman–Crippen LogP) is 8.85. The number of amides is 1. The van der Waals surface area contributed by atoms with E-state index in [9.17, 15) is 9.59 Å². The van der Waals surface area contributed by atoms with Gasteiger partial charge in [-0.1, -0.05) is 80.3 Å². The van der Waals surface area contributed by atoms with Crippen LogP contribution in [0.25, 0.3) is 0 Å². The Kier molecular flexibility index (Phi) is 14.2. The van der Waals surface area contributed by atoms with Gasteiger partial charge in [0, 0.05) is 17.8 Å². The molecule has 0 heterocycles. The number of benzene rings is 2. The summed E-state index contributed by atoms with van der Waals surface area (Å²) in [7, 11) is 0. The molecular weight excluding hydrogens is 458 g/mol. The maximum atomic E-state index is 12.9. The van der Waals surface area contributed by atoms with Crippen molar-refractivity contribution in [2.45, 2.75) is 70.8 Å². The van der Waals surface area contributed by atoms with Gasteiger partial charge in [-0.2, -0.15) is 0 Å². The molecule has 0 unspecified atom stereocenters. The Labute approximate surface area is 215 Å². The lowest BCUT2D eigenvalue weighted by Gasteiger charge is -2.22. The smallest absolute Gasteiger partial charge is 0.414 e. The molecule has 4 nitrogen and oxygen atoms in total. The van der Waals surface area contributed by atoms with Crippen LogP contribution in [-0.2, 0) is 11.3 Å². The number of hydrogen-bond donors (Lipinski definition) is 0. The third-order valence-electron chi connectivity index (χ3n) is 5.76. The van der Waals surface area contributed by atoms with Crippen molar-refractivity contribution in [3.05, 3.63) is 90.5 Å². The van der Waals surface area contributed by atoms with Gasteiger partial charge in [0.05, 0.1) is 0 Å². The fraction of sp³-hybridized carbons (Fsp3) is 0.400. The number of nitrogens with zero attached hydrogens (tertiary/aromatic N) is 1. The largest absolute Gasteiger partial charge is 0.444 e. The van der Waals surface area contributed by atoms with Crippen LogP contribution in [0.1, 0.15) is 80.1 Å². The minimum Gasteiger partial charge on any atom is -0.444 e. The Balaban J connectivity index is 1.80. The summed E-state index contributed by atoms with van der Waals surface area (Å²) in [5.74, 6) is 0. The van der Waals surface area contributed by atoms with Gasteiger partial charge in [0.2, 0.25) is 0 Å². The van der Waals surface area contributed by atoms with E-state index in [0.717, 1.165) is 31.2 Å².